The normalized spacial score (nSPS) is 17.6. The minimum absolute atomic E-state index is 0.0357. The number of rotatable bonds is 4. The molecule has 2 aromatic carbocycles. The zero-order valence-electron chi connectivity index (χ0n) is 17.7. The first kappa shape index (κ1) is 22.7. The Morgan fingerprint density at radius 3 is 1.87 bits per heavy atom. The second-order valence-corrected chi connectivity index (χ2v) is 8.53. The second-order valence-electron chi connectivity index (χ2n) is 8.53. The van der Waals surface area contributed by atoms with Gasteiger partial charge in [0.15, 0.2) is 0 Å². The lowest BCUT2D eigenvalue weighted by atomic mass is 9.95. The van der Waals surface area contributed by atoms with Gasteiger partial charge >= 0.3 is 12.1 Å². The fourth-order valence-corrected chi connectivity index (χ4v) is 3.69. The number of halogens is 2. The number of carboxylic acids is 1. The van der Waals surface area contributed by atoms with E-state index >= 15 is 0 Å². The third-order valence-corrected chi connectivity index (χ3v) is 5.06. The van der Waals surface area contributed by atoms with Gasteiger partial charge in [0.1, 0.15) is 23.3 Å². The summed E-state index contributed by atoms with van der Waals surface area (Å²) in [6.45, 7) is 5.70. The molecule has 0 bridgehead atoms. The summed E-state index contributed by atoms with van der Waals surface area (Å²) in [5.41, 5.74) is 0.730. The highest BCUT2D eigenvalue weighted by Gasteiger charge is 2.40. The van der Waals surface area contributed by atoms with Crippen LogP contribution in [0.4, 0.5) is 13.6 Å². The molecule has 0 aliphatic carbocycles. The van der Waals surface area contributed by atoms with E-state index in [1.54, 1.807) is 45.0 Å². The number of piperazine rings is 1. The molecule has 1 unspecified atom stereocenters. The van der Waals surface area contributed by atoms with Crippen molar-refractivity contribution in [2.45, 2.75) is 38.5 Å². The van der Waals surface area contributed by atoms with Crippen LogP contribution in [0.1, 0.15) is 37.9 Å². The van der Waals surface area contributed by atoms with E-state index in [9.17, 15) is 23.5 Å². The minimum atomic E-state index is -1.15. The summed E-state index contributed by atoms with van der Waals surface area (Å²) in [5, 5.41) is 9.79. The van der Waals surface area contributed by atoms with Crippen molar-refractivity contribution in [3.63, 3.8) is 0 Å². The van der Waals surface area contributed by atoms with Gasteiger partial charge in [-0.25, -0.2) is 18.4 Å². The number of amides is 1. The smallest absolute Gasteiger partial charge is 0.411 e. The molecule has 1 atom stereocenters. The highest BCUT2D eigenvalue weighted by molar-refractivity contribution is 5.80. The van der Waals surface area contributed by atoms with Crippen molar-refractivity contribution in [2.24, 2.45) is 0 Å². The Bertz CT molecular complexity index is 881. The van der Waals surface area contributed by atoms with Gasteiger partial charge in [0.2, 0.25) is 0 Å². The third-order valence-electron chi connectivity index (χ3n) is 5.06. The molecule has 1 aliphatic rings. The zero-order chi connectivity index (χ0) is 22.8. The maximum atomic E-state index is 13.5. The average molecular weight is 432 g/mol. The Balaban J connectivity index is 1.91. The highest BCUT2D eigenvalue weighted by atomic mass is 19.1. The van der Waals surface area contributed by atoms with E-state index in [1.807, 2.05) is 4.90 Å². The summed E-state index contributed by atoms with van der Waals surface area (Å²) in [4.78, 5) is 27.7. The molecule has 1 saturated heterocycles. The summed E-state index contributed by atoms with van der Waals surface area (Å²) in [6, 6.07) is 10.3. The first-order chi connectivity index (χ1) is 14.5. The predicted octanol–water partition coefficient (Wildman–Crippen LogP) is 4.06. The molecule has 8 heteroatoms. The molecule has 2 aromatic rings. The van der Waals surface area contributed by atoms with Gasteiger partial charge in [0.05, 0.1) is 6.04 Å². The van der Waals surface area contributed by atoms with Crippen LogP contribution in [-0.4, -0.2) is 58.2 Å². The molecule has 6 nitrogen and oxygen atoms in total. The van der Waals surface area contributed by atoms with E-state index in [4.69, 9.17) is 4.74 Å². The molecule has 1 amide bonds. The summed E-state index contributed by atoms with van der Waals surface area (Å²) in [5.74, 6) is -1.92. The average Bonchev–Trinajstić information content (AvgIpc) is 2.69. The minimum Gasteiger partial charge on any atom is -0.480 e. The Labute approximate surface area is 180 Å². The molecular weight excluding hydrogens is 406 g/mol. The standard InChI is InChI=1S/C23H26F2N2O4/c1-23(2,3)31-22(30)27-13-12-26(14-19(27)21(28)29)20(15-4-8-17(24)9-5-15)16-6-10-18(25)11-7-16/h4-11,19-20H,12-14H2,1-3H3,(H,28,29). The van der Waals surface area contributed by atoms with Crippen molar-refractivity contribution in [2.75, 3.05) is 19.6 Å². The Kier molecular flexibility index (Phi) is 6.59. The topological polar surface area (TPSA) is 70.1 Å². The molecule has 1 N–H and O–H groups in total. The van der Waals surface area contributed by atoms with E-state index in [0.29, 0.717) is 6.54 Å². The van der Waals surface area contributed by atoms with Crippen LogP contribution < -0.4 is 0 Å². The number of hydrogen-bond donors (Lipinski definition) is 1. The number of aliphatic carboxylic acids is 1. The lowest BCUT2D eigenvalue weighted by Crippen LogP contribution is -2.59. The van der Waals surface area contributed by atoms with Gasteiger partial charge in [-0.2, -0.15) is 0 Å². The quantitative estimate of drug-likeness (QED) is 0.789. The molecule has 0 saturated carbocycles. The van der Waals surface area contributed by atoms with E-state index in [0.717, 1.165) is 11.1 Å². The summed E-state index contributed by atoms with van der Waals surface area (Å²) < 4.78 is 32.4. The van der Waals surface area contributed by atoms with Gasteiger partial charge in [-0.1, -0.05) is 24.3 Å². The monoisotopic (exact) mass is 432 g/mol. The zero-order valence-corrected chi connectivity index (χ0v) is 17.7. The number of carbonyl (C=O) groups is 2. The van der Waals surface area contributed by atoms with E-state index in [2.05, 4.69) is 0 Å². The van der Waals surface area contributed by atoms with Crippen molar-refractivity contribution in [1.82, 2.24) is 9.80 Å². The summed E-state index contributed by atoms with van der Waals surface area (Å²) in [7, 11) is 0. The number of benzene rings is 2. The molecular formula is C23H26F2N2O4. The van der Waals surface area contributed by atoms with Gasteiger partial charge in [-0.15, -0.1) is 0 Å². The van der Waals surface area contributed by atoms with Crippen LogP contribution in [0.2, 0.25) is 0 Å². The SMILES string of the molecule is CC(C)(C)OC(=O)N1CCN(C(c2ccc(F)cc2)c2ccc(F)cc2)CC1C(=O)O. The van der Waals surface area contributed by atoms with Crippen molar-refractivity contribution in [1.29, 1.82) is 0 Å². The maximum Gasteiger partial charge on any atom is 0.411 e. The van der Waals surface area contributed by atoms with Crippen LogP contribution >= 0.6 is 0 Å². The molecule has 1 aliphatic heterocycles. The molecule has 0 spiro atoms. The summed E-state index contributed by atoms with van der Waals surface area (Å²) >= 11 is 0. The lowest BCUT2D eigenvalue weighted by molar-refractivity contribution is -0.146. The molecule has 166 valence electrons. The molecule has 1 heterocycles. The van der Waals surface area contributed by atoms with Gasteiger partial charge < -0.3 is 9.84 Å². The Morgan fingerprint density at radius 2 is 1.45 bits per heavy atom. The highest BCUT2D eigenvalue weighted by Crippen LogP contribution is 2.31. The molecule has 3 rings (SSSR count). The first-order valence-corrected chi connectivity index (χ1v) is 10.0. The fraction of sp³-hybridized carbons (Fsp3) is 0.391. The first-order valence-electron chi connectivity index (χ1n) is 10.0. The fourth-order valence-electron chi connectivity index (χ4n) is 3.69. The molecule has 31 heavy (non-hydrogen) atoms. The predicted molar refractivity (Wildman–Crippen MR) is 111 cm³/mol. The van der Waals surface area contributed by atoms with Crippen molar-refractivity contribution in [3.8, 4) is 0 Å². The van der Waals surface area contributed by atoms with Gasteiger partial charge in [0.25, 0.3) is 0 Å². The number of hydrogen-bond acceptors (Lipinski definition) is 4. The second kappa shape index (κ2) is 9.01. The van der Waals surface area contributed by atoms with Crippen molar-refractivity contribution in [3.05, 3.63) is 71.3 Å². The lowest BCUT2D eigenvalue weighted by Gasteiger charge is -2.43. The Hall–Kier alpha value is -3.00. The Morgan fingerprint density at radius 1 is 0.968 bits per heavy atom. The maximum absolute atomic E-state index is 13.5. The largest absolute Gasteiger partial charge is 0.480 e. The number of carbonyl (C=O) groups excluding carboxylic acids is 1. The van der Waals surface area contributed by atoms with E-state index in [1.165, 1.54) is 29.2 Å². The third kappa shape index (κ3) is 5.58. The number of ether oxygens (including phenoxy) is 1. The van der Waals surface area contributed by atoms with Crippen LogP contribution in [0.25, 0.3) is 0 Å². The molecule has 0 radical (unpaired) electrons. The number of carboxylic acid groups (broad SMARTS) is 1. The van der Waals surface area contributed by atoms with E-state index < -0.39 is 29.7 Å². The van der Waals surface area contributed by atoms with Crippen LogP contribution in [0.3, 0.4) is 0 Å². The van der Waals surface area contributed by atoms with Gasteiger partial charge in [-0.3, -0.25) is 9.80 Å². The van der Waals surface area contributed by atoms with Crippen molar-refractivity contribution >= 4 is 12.1 Å². The van der Waals surface area contributed by atoms with Crippen molar-refractivity contribution < 1.29 is 28.2 Å². The van der Waals surface area contributed by atoms with Gasteiger partial charge in [0, 0.05) is 19.6 Å². The summed E-state index contributed by atoms with van der Waals surface area (Å²) in [6.07, 6.45) is -0.681. The molecule has 1 fully saturated rings. The molecule has 0 aromatic heterocycles. The van der Waals surface area contributed by atoms with Crippen LogP contribution in [0.15, 0.2) is 48.5 Å². The number of nitrogens with zero attached hydrogens (tertiary/aromatic N) is 2. The van der Waals surface area contributed by atoms with Crippen LogP contribution in [0, 0.1) is 11.6 Å². The van der Waals surface area contributed by atoms with Gasteiger partial charge in [-0.05, 0) is 56.2 Å². The van der Waals surface area contributed by atoms with E-state index in [-0.39, 0.29) is 24.7 Å². The van der Waals surface area contributed by atoms with Crippen LogP contribution in [0.5, 0.6) is 0 Å². The van der Waals surface area contributed by atoms with Crippen LogP contribution in [-0.2, 0) is 9.53 Å².